The fourth-order valence-electron chi connectivity index (χ4n) is 1.73. The van der Waals surface area contributed by atoms with Crippen LogP contribution in [0.15, 0.2) is 23.7 Å². The zero-order chi connectivity index (χ0) is 13.5. The molecule has 0 atom stereocenters. The van der Waals surface area contributed by atoms with Crippen LogP contribution in [-0.4, -0.2) is 29.3 Å². The van der Waals surface area contributed by atoms with E-state index in [0.29, 0.717) is 26.1 Å². The summed E-state index contributed by atoms with van der Waals surface area (Å²) in [6.45, 7) is 3.53. The van der Waals surface area contributed by atoms with Crippen molar-refractivity contribution in [1.82, 2.24) is 15.5 Å². The topological polar surface area (TPSA) is 67.0 Å². The lowest BCUT2D eigenvalue weighted by atomic mass is 10.2. The number of H-pyrrole nitrogens is 1. The molecule has 0 saturated heterocycles. The quantitative estimate of drug-likeness (QED) is 0.602. The minimum atomic E-state index is -0.166. The van der Waals surface area contributed by atoms with Gasteiger partial charge in [-0.05, 0) is 18.4 Å². The third-order valence-corrected chi connectivity index (χ3v) is 3.50. The summed E-state index contributed by atoms with van der Waals surface area (Å²) in [4.78, 5) is 12.3. The lowest BCUT2D eigenvalue weighted by Gasteiger charge is -2.04. The summed E-state index contributed by atoms with van der Waals surface area (Å²) < 4.78 is 4.87. The summed E-state index contributed by atoms with van der Waals surface area (Å²) in [7, 11) is 0. The zero-order valence-electron chi connectivity index (χ0n) is 10.8. The van der Waals surface area contributed by atoms with E-state index < -0.39 is 0 Å². The van der Waals surface area contributed by atoms with E-state index in [0.717, 1.165) is 11.3 Å². The van der Waals surface area contributed by atoms with Gasteiger partial charge in [0.15, 0.2) is 0 Å². The average Bonchev–Trinajstić information content (AvgIpc) is 3.05. The number of hydrogen-bond donors (Lipinski definition) is 2. The maximum atomic E-state index is 11.2. The van der Waals surface area contributed by atoms with Gasteiger partial charge in [0.05, 0.1) is 29.8 Å². The summed E-state index contributed by atoms with van der Waals surface area (Å²) in [5.41, 5.74) is 2.14. The molecule has 5 nitrogen and oxygen atoms in total. The number of aromatic nitrogens is 2. The molecule has 19 heavy (non-hydrogen) atoms. The fraction of sp³-hybridized carbons (Fsp3) is 0.385. The van der Waals surface area contributed by atoms with Crippen molar-refractivity contribution in [2.24, 2.45) is 0 Å². The van der Waals surface area contributed by atoms with E-state index in [4.69, 9.17) is 4.74 Å². The van der Waals surface area contributed by atoms with Crippen molar-refractivity contribution in [3.05, 3.63) is 29.3 Å². The van der Waals surface area contributed by atoms with Gasteiger partial charge >= 0.3 is 5.97 Å². The van der Waals surface area contributed by atoms with Crippen molar-refractivity contribution < 1.29 is 9.53 Å². The standard InChI is InChI=1S/C13H17N3O2S/c1-2-18-12(17)5-6-14-8-10-9-15-16-13(10)11-4-3-7-19-11/h3-4,7,9,14H,2,5-6,8H2,1H3,(H,15,16). The van der Waals surface area contributed by atoms with Gasteiger partial charge in [0, 0.05) is 18.7 Å². The molecule has 0 aromatic carbocycles. The van der Waals surface area contributed by atoms with Crippen LogP contribution in [0.5, 0.6) is 0 Å². The molecule has 0 unspecified atom stereocenters. The summed E-state index contributed by atoms with van der Waals surface area (Å²) in [5.74, 6) is -0.166. The molecule has 2 heterocycles. The molecule has 2 aromatic heterocycles. The molecule has 0 radical (unpaired) electrons. The number of rotatable bonds is 7. The predicted molar refractivity (Wildman–Crippen MR) is 74.9 cm³/mol. The fourth-order valence-corrected chi connectivity index (χ4v) is 2.48. The Kier molecular flexibility index (Phi) is 5.11. The second-order valence-electron chi connectivity index (χ2n) is 3.98. The molecule has 0 spiro atoms. The number of ether oxygens (including phenoxy) is 1. The first kappa shape index (κ1) is 13.8. The smallest absolute Gasteiger partial charge is 0.307 e. The Labute approximate surface area is 116 Å². The van der Waals surface area contributed by atoms with Crippen LogP contribution in [0.1, 0.15) is 18.9 Å². The van der Waals surface area contributed by atoms with E-state index in [9.17, 15) is 4.79 Å². The van der Waals surface area contributed by atoms with Crippen molar-refractivity contribution in [2.45, 2.75) is 19.9 Å². The Morgan fingerprint density at radius 2 is 2.47 bits per heavy atom. The molecule has 6 heteroatoms. The number of hydrogen-bond acceptors (Lipinski definition) is 5. The average molecular weight is 279 g/mol. The van der Waals surface area contributed by atoms with E-state index in [-0.39, 0.29) is 5.97 Å². The Bertz CT molecular complexity index is 508. The van der Waals surface area contributed by atoms with Gasteiger partial charge in [0.2, 0.25) is 0 Å². The van der Waals surface area contributed by atoms with E-state index in [1.54, 1.807) is 11.3 Å². The molecule has 0 aliphatic rings. The number of aromatic amines is 1. The van der Waals surface area contributed by atoms with Crippen molar-refractivity contribution in [3.8, 4) is 10.6 Å². The monoisotopic (exact) mass is 279 g/mol. The summed E-state index contributed by atoms with van der Waals surface area (Å²) >= 11 is 1.67. The largest absolute Gasteiger partial charge is 0.466 e. The van der Waals surface area contributed by atoms with Crippen LogP contribution in [0.4, 0.5) is 0 Å². The van der Waals surface area contributed by atoms with Gasteiger partial charge in [-0.25, -0.2) is 0 Å². The SMILES string of the molecule is CCOC(=O)CCNCc1cn[nH]c1-c1cccs1. The van der Waals surface area contributed by atoms with Crippen LogP contribution in [-0.2, 0) is 16.1 Å². The number of carbonyl (C=O) groups is 1. The molecule has 0 aliphatic heterocycles. The highest BCUT2D eigenvalue weighted by Gasteiger charge is 2.08. The Hall–Kier alpha value is -1.66. The molecule has 0 saturated carbocycles. The first-order valence-corrected chi connectivity index (χ1v) is 7.11. The molecule has 0 fully saturated rings. The zero-order valence-corrected chi connectivity index (χ0v) is 11.6. The molecule has 0 aliphatic carbocycles. The Morgan fingerprint density at radius 1 is 1.58 bits per heavy atom. The van der Waals surface area contributed by atoms with Crippen LogP contribution in [0.3, 0.4) is 0 Å². The summed E-state index contributed by atoms with van der Waals surface area (Å²) in [5, 5.41) is 12.3. The minimum absolute atomic E-state index is 0.166. The van der Waals surface area contributed by atoms with Crippen molar-refractivity contribution in [3.63, 3.8) is 0 Å². The van der Waals surface area contributed by atoms with Gasteiger partial charge in [0.25, 0.3) is 0 Å². The molecule has 2 aromatic rings. The van der Waals surface area contributed by atoms with Gasteiger partial charge < -0.3 is 10.1 Å². The highest BCUT2D eigenvalue weighted by molar-refractivity contribution is 7.13. The second-order valence-corrected chi connectivity index (χ2v) is 4.93. The highest BCUT2D eigenvalue weighted by Crippen LogP contribution is 2.25. The normalized spacial score (nSPS) is 10.6. The summed E-state index contributed by atoms with van der Waals surface area (Å²) in [6, 6.07) is 4.07. The number of esters is 1. The highest BCUT2D eigenvalue weighted by atomic mass is 32.1. The molecule has 102 valence electrons. The van der Waals surface area contributed by atoms with Crippen LogP contribution in [0.25, 0.3) is 10.6 Å². The van der Waals surface area contributed by atoms with E-state index >= 15 is 0 Å². The summed E-state index contributed by atoms with van der Waals surface area (Å²) in [6.07, 6.45) is 2.20. The van der Waals surface area contributed by atoms with Gasteiger partial charge in [-0.3, -0.25) is 9.89 Å². The molecule has 0 amide bonds. The molecule has 2 rings (SSSR count). The lowest BCUT2D eigenvalue weighted by Crippen LogP contribution is -2.19. The Balaban J connectivity index is 1.81. The molecular weight excluding hydrogens is 262 g/mol. The maximum absolute atomic E-state index is 11.2. The molecule has 2 N–H and O–H groups in total. The molecule has 0 bridgehead atoms. The van der Waals surface area contributed by atoms with Gasteiger partial charge in [-0.2, -0.15) is 5.10 Å². The minimum Gasteiger partial charge on any atom is -0.466 e. The van der Waals surface area contributed by atoms with Crippen molar-refractivity contribution in [1.29, 1.82) is 0 Å². The lowest BCUT2D eigenvalue weighted by molar-refractivity contribution is -0.142. The molecular formula is C13H17N3O2S. The predicted octanol–water partition coefficient (Wildman–Crippen LogP) is 2.18. The first-order valence-electron chi connectivity index (χ1n) is 6.23. The van der Waals surface area contributed by atoms with E-state index in [1.807, 2.05) is 24.6 Å². The van der Waals surface area contributed by atoms with Crippen molar-refractivity contribution >= 4 is 17.3 Å². The Morgan fingerprint density at radius 3 is 3.21 bits per heavy atom. The number of thiophene rings is 1. The van der Waals surface area contributed by atoms with Gasteiger partial charge in [-0.15, -0.1) is 11.3 Å². The van der Waals surface area contributed by atoms with Crippen LogP contribution in [0.2, 0.25) is 0 Å². The third kappa shape index (κ3) is 3.90. The second kappa shape index (κ2) is 7.06. The van der Waals surface area contributed by atoms with Crippen LogP contribution in [0, 0.1) is 0 Å². The van der Waals surface area contributed by atoms with Crippen LogP contribution >= 0.6 is 11.3 Å². The maximum Gasteiger partial charge on any atom is 0.307 e. The number of carbonyl (C=O) groups excluding carboxylic acids is 1. The van der Waals surface area contributed by atoms with E-state index in [1.165, 1.54) is 4.88 Å². The first-order chi connectivity index (χ1) is 9.31. The van der Waals surface area contributed by atoms with Gasteiger partial charge in [0.1, 0.15) is 0 Å². The van der Waals surface area contributed by atoms with Crippen LogP contribution < -0.4 is 5.32 Å². The van der Waals surface area contributed by atoms with Crippen molar-refractivity contribution in [2.75, 3.05) is 13.2 Å². The van der Waals surface area contributed by atoms with Gasteiger partial charge in [-0.1, -0.05) is 6.07 Å². The third-order valence-electron chi connectivity index (χ3n) is 2.61. The number of nitrogens with zero attached hydrogens (tertiary/aromatic N) is 1. The number of nitrogens with one attached hydrogen (secondary N) is 2. The van der Waals surface area contributed by atoms with E-state index in [2.05, 4.69) is 21.6 Å².